The second-order valence-corrected chi connectivity index (χ2v) is 5.40. The van der Waals surface area contributed by atoms with E-state index < -0.39 is 0 Å². The molecule has 1 fully saturated rings. The number of anilines is 1. The number of amidine groups is 1. The number of rotatable bonds is 4. The fourth-order valence-electron chi connectivity index (χ4n) is 2.57. The van der Waals surface area contributed by atoms with Crippen molar-refractivity contribution in [3.63, 3.8) is 0 Å². The Morgan fingerprint density at radius 2 is 2.16 bits per heavy atom. The van der Waals surface area contributed by atoms with Crippen LogP contribution in [0.1, 0.15) is 18.4 Å². The highest BCUT2D eigenvalue weighted by Gasteiger charge is 2.21. The molecule has 1 aliphatic heterocycles. The van der Waals surface area contributed by atoms with Gasteiger partial charge in [-0.15, -0.1) is 0 Å². The van der Waals surface area contributed by atoms with Crippen LogP contribution in [0.25, 0.3) is 0 Å². The van der Waals surface area contributed by atoms with E-state index in [1.54, 1.807) is 13.2 Å². The minimum Gasteiger partial charge on any atom is -0.384 e. The van der Waals surface area contributed by atoms with Crippen LogP contribution in [0, 0.1) is 11.3 Å². The zero-order chi connectivity index (χ0) is 13.8. The van der Waals surface area contributed by atoms with Crippen LogP contribution < -0.4 is 10.6 Å². The van der Waals surface area contributed by atoms with Crippen molar-refractivity contribution in [2.75, 3.05) is 31.7 Å². The topological polar surface area (TPSA) is 62.3 Å². The monoisotopic (exact) mass is 281 g/mol. The predicted octanol–water partition coefficient (Wildman–Crippen LogP) is 2.49. The Balaban J connectivity index is 2.14. The number of nitrogen functional groups attached to an aromatic ring is 1. The Labute approximate surface area is 119 Å². The van der Waals surface area contributed by atoms with E-state index in [-0.39, 0.29) is 5.84 Å². The lowest BCUT2D eigenvalue weighted by Gasteiger charge is -2.34. The molecule has 1 saturated heterocycles. The summed E-state index contributed by atoms with van der Waals surface area (Å²) in [5.74, 6) is 0.715. The van der Waals surface area contributed by atoms with Crippen molar-refractivity contribution in [1.82, 2.24) is 0 Å². The average Bonchev–Trinajstić information content (AvgIpc) is 2.39. The van der Waals surface area contributed by atoms with Crippen molar-refractivity contribution in [2.45, 2.75) is 12.8 Å². The lowest BCUT2D eigenvalue weighted by atomic mass is 9.96. The molecular formula is C14H20ClN3O. The van der Waals surface area contributed by atoms with Crippen LogP contribution in [0.15, 0.2) is 18.2 Å². The molecule has 1 aliphatic rings. The highest BCUT2D eigenvalue weighted by atomic mass is 35.5. The lowest BCUT2D eigenvalue weighted by molar-refractivity contribution is 0.139. The standard InChI is InChI=1S/C14H20ClN3O/c1-19-9-10-4-6-18(7-5-10)13-8-11(15)2-3-12(13)14(16)17/h2-3,8,10H,4-7,9H2,1H3,(H3,16,17). The molecule has 5 heteroatoms. The number of hydrogen-bond donors (Lipinski definition) is 2. The van der Waals surface area contributed by atoms with Gasteiger partial charge in [0.2, 0.25) is 0 Å². The molecule has 0 saturated carbocycles. The zero-order valence-electron chi connectivity index (χ0n) is 11.2. The van der Waals surface area contributed by atoms with Crippen LogP contribution in [0.5, 0.6) is 0 Å². The van der Waals surface area contributed by atoms with Gasteiger partial charge in [-0.1, -0.05) is 11.6 Å². The summed E-state index contributed by atoms with van der Waals surface area (Å²) >= 11 is 6.06. The van der Waals surface area contributed by atoms with Crippen LogP contribution in [-0.2, 0) is 4.74 Å². The fraction of sp³-hybridized carbons (Fsp3) is 0.500. The molecule has 0 aliphatic carbocycles. The quantitative estimate of drug-likeness (QED) is 0.658. The smallest absolute Gasteiger partial charge is 0.124 e. The van der Waals surface area contributed by atoms with Gasteiger partial charge in [-0.2, -0.15) is 0 Å². The highest BCUT2D eigenvalue weighted by molar-refractivity contribution is 6.31. The first-order valence-corrected chi connectivity index (χ1v) is 6.87. The maximum absolute atomic E-state index is 7.66. The van der Waals surface area contributed by atoms with E-state index in [4.69, 9.17) is 27.5 Å². The summed E-state index contributed by atoms with van der Waals surface area (Å²) < 4.78 is 5.21. The summed E-state index contributed by atoms with van der Waals surface area (Å²) in [7, 11) is 1.75. The van der Waals surface area contributed by atoms with E-state index in [1.807, 2.05) is 12.1 Å². The minimum absolute atomic E-state index is 0.0886. The molecule has 0 spiro atoms. The lowest BCUT2D eigenvalue weighted by Crippen LogP contribution is -2.36. The van der Waals surface area contributed by atoms with Gasteiger partial charge in [0.05, 0.1) is 0 Å². The van der Waals surface area contributed by atoms with Gasteiger partial charge in [0.15, 0.2) is 0 Å². The number of piperidine rings is 1. The van der Waals surface area contributed by atoms with E-state index >= 15 is 0 Å². The Kier molecular flexibility index (Phi) is 4.66. The molecule has 19 heavy (non-hydrogen) atoms. The van der Waals surface area contributed by atoms with Gasteiger partial charge >= 0.3 is 0 Å². The molecule has 0 atom stereocenters. The Morgan fingerprint density at radius 3 is 2.74 bits per heavy atom. The third-order valence-electron chi connectivity index (χ3n) is 3.61. The molecule has 0 unspecified atom stereocenters. The van der Waals surface area contributed by atoms with Crippen LogP contribution in [0.2, 0.25) is 5.02 Å². The third-order valence-corrected chi connectivity index (χ3v) is 3.84. The van der Waals surface area contributed by atoms with Gasteiger partial charge in [-0.05, 0) is 37.0 Å². The van der Waals surface area contributed by atoms with Gasteiger partial charge in [0, 0.05) is 43.1 Å². The molecule has 3 N–H and O–H groups in total. The van der Waals surface area contributed by atoms with E-state index in [1.165, 1.54) is 0 Å². The van der Waals surface area contributed by atoms with Gasteiger partial charge in [0.25, 0.3) is 0 Å². The van der Waals surface area contributed by atoms with Crippen molar-refractivity contribution in [2.24, 2.45) is 11.7 Å². The largest absolute Gasteiger partial charge is 0.384 e. The highest BCUT2D eigenvalue weighted by Crippen LogP contribution is 2.29. The molecule has 0 bridgehead atoms. The van der Waals surface area contributed by atoms with Crippen LogP contribution in [0.4, 0.5) is 5.69 Å². The van der Waals surface area contributed by atoms with Crippen molar-refractivity contribution >= 4 is 23.1 Å². The minimum atomic E-state index is 0.0886. The number of nitrogens with zero attached hydrogens (tertiary/aromatic N) is 1. The molecule has 1 heterocycles. The molecule has 0 radical (unpaired) electrons. The van der Waals surface area contributed by atoms with Gasteiger partial charge < -0.3 is 15.4 Å². The molecule has 104 valence electrons. The maximum Gasteiger partial charge on any atom is 0.124 e. The summed E-state index contributed by atoms with van der Waals surface area (Å²) in [5.41, 5.74) is 7.37. The van der Waals surface area contributed by atoms with E-state index in [0.29, 0.717) is 10.9 Å². The van der Waals surface area contributed by atoms with Crippen molar-refractivity contribution in [1.29, 1.82) is 5.41 Å². The van der Waals surface area contributed by atoms with Crippen LogP contribution >= 0.6 is 11.6 Å². The first-order valence-electron chi connectivity index (χ1n) is 6.49. The average molecular weight is 282 g/mol. The summed E-state index contributed by atoms with van der Waals surface area (Å²) in [6, 6.07) is 5.50. The molecule has 4 nitrogen and oxygen atoms in total. The second kappa shape index (κ2) is 6.26. The van der Waals surface area contributed by atoms with Crippen molar-refractivity contribution < 1.29 is 4.74 Å². The van der Waals surface area contributed by atoms with Gasteiger partial charge in [-0.3, -0.25) is 5.41 Å². The molecule has 0 amide bonds. The first-order chi connectivity index (χ1) is 9.11. The zero-order valence-corrected chi connectivity index (χ0v) is 11.9. The van der Waals surface area contributed by atoms with Crippen molar-refractivity contribution in [3.05, 3.63) is 28.8 Å². The number of hydrogen-bond acceptors (Lipinski definition) is 3. The molecular weight excluding hydrogens is 262 g/mol. The normalized spacial score (nSPS) is 16.6. The molecule has 2 rings (SSSR count). The Bertz CT molecular complexity index is 456. The number of methoxy groups -OCH3 is 1. The van der Waals surface area contributed by atoms with Gasteiger partial charge in [0.1, 0.15) is 5.84 Å². The van der Waals surface area contributed by atoms with Crippen LogP contribution in [0.3, 0.4) is 0 Å². The number of benzene rings is 1. The summed E-state index contributed by atoms with van der Waals surface area (Å²) in [6.07, 6.45) is 2.19. The van der Waals surface area contributed by atoms with Crippen LogP contribution in [-0.4, -0.2) is 32.6 Å². The number of ether oxygens (including phenoxy) is 1. The van der Waals surface area contributed by atoms with Crippen molar-refractivity contribution in [3.8, 4) is 0 Å². The van der Waals surface area contributed by atoms with E-state index in [9.17, 15) is 0 Å². The molecule has 0 aromatic heterocycles. The predicted molar refractivity (Wildman–Crippen MR) is 79.3 cm³/mol. The number of halogens is 1. The van der Waals surface area contributed by atoms with Gasteiger partial charge in [-0.25, -0.2) is 0 Å². The summed E-state index contributed by atoms with van der Waals surface area (Å²) in [4.78, 5) is 2.26. The summed E-state index contributed by atoms with van der Waals surface area (Å²) in [5, 5.41) is 8.34. The van der Waals surface area contributed by atoms with E-state index in [0.717, 1.165) is 43.8 Å². The number of nitrogens with one attached hydrogen (secondary N) is 1. The Morgan fingerprint density at radius 1 is 1.47 bits per heavy atom. The SMILES string of the molecule is COCC1CCN(c2cc(Cl)ccc2C(=N)N)CC1. The second-order valence-electron chi connectivity index (χ2n) is 4.96. The molecule has 1 aromatic carbocycles. The van der Waals surface area contributed by atoms with E-state index in [2.05, 4.69) is 4.90 Å². The first kappa shape index (κ1) is 14.2. The third kappa shape index (κ3) is 3.39. The fourth-order valence-corrected chi connectivity index (χ4v) is 2.74. The molecule has 1 aromatic rings. The Hall–Kier alpha value is -1.26. The summed E-state index contributed by atoms with van der Waals surface area (Å²) in [6.45, 7) is 2.73. The number of nitrogens with two attached hydrogens (primary N) is 1. The maximum atomic E-state index is 7.66.